The van der Waals surface area contributed by atoms with E-state index in [4.69, 9.17) is 4.74 Å². The lowest BCUT2D eigenvalue weighted by molar-refractivity contribution is -0.140. The van der Waals surface area contributed by atoms with Crippen molar-refractivity contribution in [3.8, 4) is 5.75 Å². The number of hydrogen-bond acceptors (Lipinski definition) is 5. The summed E-state index contributed by atoms with van der Waals surface area (Å²) in [6.45, 7) is 1.92. The van der Waals surface area contributed by atoms with Crippen molar-refractivity contribution >= 4 is 17.4 Å². The summed E-state index contributed by atoms with van der Waals surface area (Å²) in [6, 6.07) is 13.2. The molecule has 0 spiro atoms. The number of halogens is 1. The highest BCUT2D eigenvalue weighted by atomic mass is 19.1. The maximum Gasteiger partial charge on any atom is 0.295 e. The Morgan fingerprint density at radius 1 is 1.16 bits per heavy atom. The average molecular weight is 432 g/mol. The molecular weight excluding hydrogens is 411 g/mol. The number of aromatic nitrogens is 1. The highest BCUT2D eigenvalue weighted by molar-refractivity contribution is 6.46. The molecule has 4 rings (SSSR count). The van der Waals surface area contributed by atoms with Crippen molar-refractivity contribution in [2.24, 2.45) is 0 Å². The molecule has 1 aromatic heterocycles. The number of amides is 1. The van der Waals surface area contributed by atoms with Crippen molar-refractivity contribution in [2.45, 2.75) is 19.5 Å². The van der Waals surface area contributed by atoms with Crippen molar-refractivity contribution in [1.29, 1.82) is 0 Å². The number of hydrogen-bond donors (Lipinski definition) is 1. The maximum absolute atomic E-state index is 13.6. The lowest BCUT2D eigenvalue weighted by Crippen LogP contribution is -2.29. The quantitative estimate of drug-likeness (QED) is 0.372. The van der Waals surface area contributed by atoms with Crippen LogP contribution in [0.5, 0.6) is 5.75 Å². The Kier molecular flexibility index (Phi) is 5.73. The normalized spacial score (nSPS) is 17.6. The minimum absolute atomic E-state index is 0.0462. The molecule has 0 bridgehead atoms. The van der Waals surface area contributed by atoms with Crippen LogP contribution in [0.25, 0.3) is 5.76 Å². The Bertz CT molecular complexity index is 1210. The molecule has 2 aromatic carbocycles. The van der Waals surface area contributed by atoms with Crippen LogP contribution in [0.1, 0.15) is 28.3 Å². The first kappa shape index (κ1) is 21.2. The third-order valence-corrected chi connectivity index (χ3v) is 5.47. The predicted molar refractivity (Wildman–Crippen MR) is 116 cm³/mol. The van der Waals surface area contributed by atoms with Crippen LogP contribution >= 0.6 is 0 Å². The van der Waals surface area contributed by atoms with Crippen molar-refractivity contribution in [1.82, 2.24) is 9.88 Å². The average Bonchev–Trinajstić information content (AvgIpc) is 3.04. The van der Waals surface area contributed by atoms with E-state index in [9.17, 15) is 19.1 Å². The van der Waals surface area contributed by atoms with Gasteiger partial charge in [0, 0.05) is 24.5 Å². The van der Waals surface area contributed by atoms with Gasteiger partial charge in [-0.3, -0.25) is 14.6 Å². The molecule has 7 heteroatoms. The van der Waals surface area contributed by atoms with Crippen LogP contribution in [-0.2, 0) is 16.1 Å². The van der Waals surface area contributed by atoms with Gasteiger partial charge in [0.15, 0.2) is 0 Å². The van der Waals surface area contributed by atoms with Gasteiger partial charge in [-0.05, 0) is 60.0 Å². The Morgan fingerprint density at radius 3 is 2.53 bits per heavy atom. The number of ketones is 1. The number of methoxy groups -OCH3 is 1. The second-order valence-corrected chi connectivity index (χ2v) is 7.52. The Morgan fingerprint density at radius 2 is 1.91 bits per heavy atom. The fourth-order valence-electron chi connectivity index (χ4n) is 3.90. The first-order valence-electron chi connectivity index (χ1n) is 9.98. The molecule has 0 radical (unpaired) electrons. The van der Waals surface area contributed by atoms with Crippen LogP contribution in [0.2, 0.25) is 0 Å². The van der Waals surface area contributed by atoms with Gasteiger partial charge in [-0.15, -0.1) is 0 Å². The number of Topliss-reactive ketones (excluding diaryl/α,β-unsaturated/α-hetero) is 1. The van der Waals surface area contributed by atoms with E-state index in [1.165, 1.54) is 29.2 Å². The standard InChI is InChI=1S/C25H21FN2O4/c1-15-12-18(7-10-20(15)32-2)23(29)21-22(17-5-8-19(26)9-6-17)28(25(31)24(21)30)14-16-4-3-11-27-13-16/h3-13,22,29H,14H2,1-2H3/b23-21-. The van der Waals surface area contributed by atoms with E-state index in [1.807, 2.05) is 6.92 Å². The number of aliphatic hydroxyl groups excluding tert-OH is 1. The van der Waals surface area contributed by atoms with Crippen LogP contribution in [-0.4, -0.2) is 33.8 Å². The van der Waals surface area contributed by atoms with Crippen LogP contribution in [0.3, 0.4) is 0 Å². The van der Waals surface area contributed by atoms with Gasteiger partial charge in [-0.1, -0.05) is 18.2 Å². The molecule has 0 aliphatic carbocycles. The lowest BCUT2D eigenvalue weighted by Gasteiger charge is -2.25. The van der Waals surface area contributed by atoms with Gasteiger partial charge in [-0.25, -0.2) is 4.39 Å². The van der Waals surface area contributed by atoms with Crippen molar-refractivity contribution < 1.29 is 23.8 Å². The molecule has 3 aromatic rings. The van der Waals surface area contributed by atoms with Gasteiger partial charge in [0.05, 0.1) is 18.7 Å². The molecule has 1 fully saturated rings. The summed E-state index contributed by atoms with van der Waals surface area (Å²) in [5.74, 6) is -1.64. The molecule has 1 N–H and O–H groups in total. The van der Waals surface area contributed by atoms with E-state index >= 15 is 0 Å². The van der Waals surface area contributed by atoms with Gasteiger partial charge in [-0.2, -0.15) is 0 Å². The Labute approximate surface area is 184 Å². The number of likely N-dealkylation sites (tertiary alicyclic amines) is 1. The van der Waals surface area contributed by atoms with Gasteiger partial charge in [0.1, 0.15) is 17.3 Å². The minimum Gasteiger partial charge on any atom is -0.507 e. The fraction of sp³-hybridized carbons (Fsp3) is 0.160. The van der Waals surface area contributed by atoms with Crippen molar-refractivity contribution in [2.75, 3.05) is 7.11 Å². The lowest BCUT2D eigenvalue weighted by atomic mass is 9.94. The Balaban J connectivity index is 1.86. The summed E-state index contributed by atoms with van der Waals surface area (Å²) in [5.41, 5.74) is 2.34. The van der Waals surface area contributed by atoms with E-state index < -0.39 is 23.5 Å². The van der Waals surface area contributed by atoms with Gasteiger partial charge >= 0.3 is 0 Å². The third-order valence-electron chi connectivity index (χ3n) is 5.47. The van der Waals surface area contributed by atoms with E-state index in [2.05, 4.69) is 4.98 Å². The topological polar surface area (TPSA) is 79.7 Å². The highest BCUT2D eigenvalue weighted by Gasteiger charge is 2.46. The summed E-state index contributed by atoms with van der Waals surface area (Å²) in [7, 11) is 1.54. The molecule has 1 amide bonds. The number of pyridine rings is 1. The summed E-state index contributed by atoms with van der Waals surface area (Å²) in [4.78, 5) is 31.5. The summed E-state index contributed by atoms with van der Waals surface area (Å²) in [5, 5.41) is 11.1. The minimum atomic E-state index is -0.877. The van der Waals surface area contributed by atoms with Crippen LogP contribution in [0, 0.1) is 12.7 Å². The van der Waals surface area contributed by atoms with E-state index in [-0.39, 0.29) is 17.9 Å². The molecule has 1 aliphatic heterocycles. The molecular formula is C25H21FN2O4. The van der Waals surface area contributed by atoms with E-state index in [1.54, 1.807) is 49.8 Å². The molecule has 1 unspecified atom stereocenters. The molecule has 162 valence electrons. The predicted octanol–water partition coefficient (Wildman–Crippen LogP) is 4.16. The third kappa shape index (κ3) is 3.85. The number of aliphatic hydroxyl groups is 1. The van der Waals surface area contributed by atoms with Gasteiger partial charge in [0.2, 0.25) is 0 Å². The molecule has 1 atom stereocenters. The van der Waals surface area contributed by atoms with Crippen LogP contribution < -0.4 is 4.74 Å². The number of rotatable bonds is 5. The number of nitrogens with zero attached hydrogens (tertiary/aromatic N) is 2. The second kappa shape index (κ2) is 8.63. The maximum atomic E-state index is 13.6. The fourth-order valence-corrected chi connectivity index (χ4v) is 3.90. The van der Waals surface area contributed by atoms with Crippen molar-refractivity contribution in [3.63, 3.8) is 0 Å². The van der Waals surface area contributed by atoms with E-state index in [0.29, 0.717) is 16.9 Å². The smallest absolute Gasteiger partial charge is 0.295 e. The van der Waals surface area contributed by atoms with Crippen molar-refractivity contribution in [3.05, 3.63) is 101 Å². The summed E-state index contributed by atoms with van der Waals surface area (Å²) in [6.07, 6.45) is 3.22. The molecule has 2 heterocycles. The van der Waals surface area contributed by atoms with Gasteiger partial charge in [0.25, 0.3) is 11.7 Å². The number of benzene rings is 2. The summed E-state index contributed by atoms with van der Waals surface area (Å²) >= 11 is 0. The monoisotopic (exact) mass is 432 g/mol. The SMILES string of the molecule is COc1ccc(/C(O)=C2/C(=O)C(=O)N(Cc3cccnc3)C2c2ccc(F)cc2)cc1C. The second-order valence-electron chi connectivity index (χ2n) is 7.52. The zero-order valence-corrected chi connectivity index (χ0v) is 17.6. The van der Waals surface area contributed by atoms with E-state index in [0.717, 1.165) is 11.1 Å². The zero-order chi connectivity index (χ0) is 22.8. The largest absolute Gasteiger partial charge is 0.507 e. The first-order chi connectivity index (χ1) is 15.4. The number of carbonyl (C=O) groups excluding carboxylic acids is 2. The summed E-state index contributed by atoms with van der Waals surface area (Å²) < 4.78 is 18.8. The molecule has 1 aliphatic rings. The van der Waals surface area contributed by atoms with Gasteiger partial charge < -0.3 is 14.7 Å². The first-order valence-corrected chi connectivity index (χ1v) is 9.98. The molecule has 6 nitrogen and oxygen atoms in total. The number of ether oxygens (including phenoxy) is 1. The zero-order valence-electron chi connectivity index (χ0n) is 17.6. The van der Waals surface area contributed by atoms with Crippen LogP contribution in [0.4, 0.5) is 4.39 Å². The van der Waals surface area contributed by atoms with Crippen LogP contribution in [0.15, 0.2) is 72.6 Å². The number of carbonyl (C=O) groups is 2. The number of aryl methyl sites for hydroxylation is 1. The Hall–Kier alpha value is -4.00. The highest BCUT2D eigenvalue weighted by Crippen LogP contribution is 2.40. The molecule has 1 saturated heterocycles. The molecule has 32 heavy (non-hydrogen) atoms. The molecule has 0 saturated carbocycles.